The third kappa shape index (κ3) is 3.66. The molecule has 2 fully saturated rings. The van der Waals surface area contributed by atoms with Crippen molar-refractivity contribution in [1.82, 2.24) is 15.5 Å². The molecule has 102 valence electrons. The van der Waals surface area contributed by atoms with Gasteiger partial charge in [-0.25, -0.2) is 4.79 Å². The van der Waals surface area contributed by atoms with E-state index in [1.165, 1.54) is 12.8 Å². The molecule has 7 nitrogen and oxygen atoms in total. The number of ether oxygens (including phenoxy) is 1. The van der Waals surface area contributed by atoms with Crippen LogP contribution in [0, 0.1) is 0 Å². The lowest BCUT2D eigenvalue weighted by Crippen LogP contribution is -2.50. The van der Waals surface area contributed by atoms with Crippen LogP contribution in [0.2, 0.25) is 0 Å². The number of nitrogens with zero attached hydrogens (tertiary/aromatic N) is 1. The highest BCUT2D eigenvalue weighted by molar-refractivity contribution is 5.94. The maximum Gasteiger partial charge on any atom is 0.318 e. The van der Waals surface area contributed by atoms with Gasteiger partial charge in [-0.1, -0.05) is 0 Å². The lowest BCUT2D eigenvalue weighted by atomic mass is 10.2. The van der Waals surface area contributed by atoms with E-state index in [9.17, 15) is 9.59 Å². The number of urea groups is 1. The average molecular weight is 256 g/mol. The molecule has 7 heteroatoms. The fourth-order valence-corrected chi connectivity index (χ4v) is 2.54. The molecule has 2 aliphatic heterocycles. The molecule has 2 rings (SSSR count). The van der Waals surface area contributed by atoms with Crippen molar-refractivity contribution in [2.24, 2.45) is 5.73 Å². The van der Waals surface area contributed by atoms with Crippen LogP contribution in [0.25, 0.3) is 0 Å². The average Bonchev–Trinajstić information content (AvgIpc) is 2.75. The number of nitrogens with two attached hydrogens (primary N) is 1. The van der Waals surface area contributed by atoms with E-state index in [0.29, 0.717) is 12.6 Å². The molecule has 0 spiro atoms. The first-order valence-corrected chi connectivity index (χ1v) is 6.31. The fourth-order valence-electron chi connectivity index (χ4n) is 2.54. The topological polar surface area (TPSA) is 96.7 Å². The Hall–Kier alpha value is -1.18. The predicted octanol–water partition coefficient (Wildman–Crippen LogP) is -1.37. The number of fused-ring (bicyclic) bond motifs is 1. The normalized spacial score (nSPS) is 27.8. The van der Waals surface area contributed by atoms with Gasteiger partial charge < -0.3 is 15.8 Å². The number of primary amides is 1. The molecule has 0 aromatic rings. The van der Waals surface area contributed by atoms with Gasteiger partial charge in [0.2, 0.25) is 5.91 Å². The van der Waals surface area contributed by atoms with Gasteiger partial charge in [-0.15, -0.1) is 0 Å². The van der Waals surface area contributed by atoms with Gasteiger partial charge in [0, 0.05) is 19.1 Å². The Labute approximate surface area is 106 Å². The summed E-state index contributed by atoms with van der Waals surface area (Å²) in [5.41, 5.74) is 4.84. The quantitative estimate of drug-likeness (QED) is 0.577. The first-order chi connectivity index (χ1) is 8.65. The monoisotopic (exact) mass is 256 g/mol. The molecule has 2 aliphatic rings. The van der Waals surface area contributed by atoms with Crippen LogP contribution in [-0.2, 0) is 9.53 Å². The first kappa shape index (κ1) is 13.3. The Morgan fingerprint density at radius 1 is 1.44 bits per heavy atom. The van der Waals surface area contributed by atoms with Gasteiger partial charge in [0.05, 0.1) is 19.3 Å². The highest BCUT2D eigenvalue weighted by atomic mass is 16.5. The number of hydrogen-bond acceptors (Lipinski definition) is 5. The third-order valence-corrected chi connectivity index (χ3v) is 3.38. The summed E-state index contributed by atoms with van der Waals surface area (Å²) >= 11 is 0. The first-order valence-electron chi connectivity index (χ1n) is 6.31. The summed E-state index contributed by atoms with van der Waals surface area (Å²) in [6.45, 7) is 3.52. The summed E-state index contributed by atoms with van der Waals surface area (Å²) in [5, 5.41) is 4.97. The van der Waals surface area contributed by atoms with Gasteiger partial charge in [-0.3, -0.25) is 15.0 Å². The number of nitrogens with one attached hydrogen (secondary N) is 2. The summed E-state index contributed by atoms with van der Waals surface area (Å²) in [6.07, 6.45) is 2.58. The van der Waals surface area contributed by atoms with Crippen molar-refractivity contribution in [1.29, 1.82) is 0 Å². The van der Waals surface area contributed by atoms with Crippen LogP contribution in [-0.4, -0.2) is 61.8 Å². The molecule has 0 aromatic heterocycles. The molecule has 0 bridgehead atoms. The molecule has 3 amide bonds. The Bertz CT molecular complexity index is 323. The molecule has 2 unspecified atom stereocenters. The van der Waals surface area contributed by atoms with Crippen molar-refractivity contribution >= 4 is 11.9 Å². The third-order valence-electron chi connectivity index (χ3n) is 3.38. The van der Waals surface area contributed by atoms with Gasteiger partial charge in [-0.2, -0.15) is 0 Å². The number of imide groups is 1. The molecule has 2 saturated heterocycles. The van der Waals surface area contributed by atoms with Crippen molar-refractivity contribution in [2.45, 2.75) is 25.0 Å². The zero-order chi connectivity index (χ0) is 13.0. The maximum atomic E-state index is 11.2. The second-order valence-corrected chi connectivity index (χ2v) is 4.79. The van der Waals surface area contributed by atoms with E-state index in [4.69, 9.17) is 10.5 Å². The Kier molecular flexibility index (Phi) is 4.51. The van der Waals surface area contributed by atoms with Crippen LogP contribution in [0.4, 0.5) is 4.79 Å². The number of morpholine rings is 1. The number of carbonyl (C=O) groups is 2. The van der Waals surface area contributed by atoms with Crippen molar-refractivity contribution in [3.05, 3.63) is 0 Å². The van der Waals surface area contributed by atoms with Crippen LogP contribution in [0.1, 0.15) is 12.8 Å². The zero-order valence-electron chi connectivity index (χ0n) is 10.4. The van der Waals surface area contributed by atoms with Crippen molar-refractivity contribution in [2.75, 3.05) is 32.8 Å². The Morgan fingerprint density at radius 3 is 3.06 bits per heavy atom. The molecule has 0 aliphatic carbocycles. The number of rotatable bonds is 4. The van der Waals surface area contributed by atoms with E-state index >= 15 is 0 Å². The minimum absolute atomic E-state index is 0.0756. The van der Waals surface area contributed by atoms with Crippen LogP contribution < -0.4 is 16.4 Å². The molecule has 4 N–H and O–H groups in total. The van der Waals surface area contributed by atoms with Crippen LogP contribution in [0.5, 0.6) is 0 Å². The van der Waals surface area contributed by atoms with Gasteiger partial charge in [0.25, 0.3) is 0 Å². The summed E-state index contributed by atoms with van der Waals surface area (Å²) in [6, 6.07) is -0.241. The highest BCUT2D eigenvalue weighted by Crippen LogP contribution is 2.22. The lowest BCUT2D eigenvalue weighted by molar-refractivity contribution is -0.119. The van der Waals surface area contributed by atoms with E-state index < -0.39 is 11.9 Å². The Balaban J connectivity index is 1.62. The second kappa shape index (κ2) is 6.12. The lowest BCUT2D eigenvalue weighted by Gasteiger charge is -2.35. The largest absolute Gasteiger partial charge is 0.374 e. The van der Waals surface area contributed by atoms with E-state index in [1.807, 2.05) is 5.32 Å². The smallest absolute Gasteiger partial charge is 0.318 e. The van der Waals surface area contributed by atoms with Gasteiger partial charge in [0.1, 0.15) is 0 Å². The van der Waals surface area contributed by atoms with Crippen molar-refractivity contribution in [3.63, 3.8) is 0 Å². The summed E-state index contributed by atoms with van der Waals surface area (Å²) in [7, 11) is 0. The van der Waals surface area contributed by atoms with E-state index in [0.717, 1.165) is 19.7 Å². The zero-order valence-corrected chi connectivity index (χ0v) is 10.4. The van der Waals surface area contributed by atoms with Gasteiger partial charge in [0.15, 0.2) is 0 Å². The SMILES string of the molecule is NC(=O)NC(=O)CNCC1CN2CCCC2CO1. The maximum absolute atomic E-state index is 11.2. The van der Waals surface area contributed by atoms with Crippen LogP contribution >= 0.6 is 0 Å². The minimum atomic E-state index is -0.823. The van der Waals surface area contributed by atoms with Crippen molar-refractivity contribution in [3.8, 4) is 0 Å². The molecule has 0 aromatic carbocycles. The van der Waals surface area contributed by atoms with E-state index in [1.54, 1.807) is 0 Å². The van der Waals surface area contributed by atoms with E-state index in [2.05, 4.69) is 10.2 Å². The van der Waals surface area contributed by atoms with E-state index in [-0.39, 0.29) is 12.6 Å². The highest BCUT2D eigenvalue weighted by Gasteiger charge is 2.31. The standard InChI is InChI=1S/C11H20N4O3/c12-11(17)14-10(16)5-13-4-9-6-15-3-1-2-8(15)7-18-9/h8-9,13H,1-7H2,(H3,12,14,16,17). The van der Waals surface area contributed by atoms with Crippen LogP contribution in [0.3, 0.4) is 0 Å². The molecule has 0 saturated carbocycles. The molecule has 2 atom stereocenters. The van der Waals surface area contributed by atoms with Crippen LogP contribution in [0.15, 0.2) is 0 Å². The predicted molar refractivity (Wildman–Crippen MR) is 64.9 cm³/mol. The molecular formula is C11H20N4O3. The number of carbonyl (C=O) groups excluding carboxylic acids is 2. The fraction of sp³-hybridized carbons (Fsp3) is 0.818. The number of amides is 3. The second-order valence-electron chi connectivity index (χ2n) is 4.79. The minimum Gasteiger partial charge on any atom is -0.374 e. The molecular weight excluding hydrogens is 236 g/mol. The summed E-state index contributed by atoms with van der Waals surface area (Å²) in [4.78, 5) is 24.0. The number of hydrogen-bond donors (Lipinski definition) is 3. The molecule has 2 heterocycles. The van der Waals surface area contributed by atoms with Crippen molar-refractivity contribution < 1.29 is 14.3 Å². The molecule has 0 radical (unpaired) electrons. The molecule has 18 heavy (non-hydrogen) atoms. The summed E-state index contributed by atoms with van der Waals surface area (Å²) in [5.74, 6) is -0.419. The van der Waals surface area contributed by atoms with Gasteiger partial charge >= 0.3 is 6.03 Å². The summed E-state index contributed by atoms with van der Waals surface area (Å²) < 4.78 is 5.73. The van der Waals surface area contributed by atoms with Gasteiger partial charge in [-0.05, 0) is 19.4 Å². The Morgan fingerprint density at radius 2 is 2.28 bits per heavy atom.